The van der Waals surface area contributed by atoms with Gasteiger partial charge in [0.25, 0.3) is 0 Å². The van der Waals surface area contributed by atoms with E-state index in [9.17, 15) is 18.8 Å². The predicted octanol–water partition coefficient (Wildman–Crippen LogP) is 0.416. The molecule has 3 amide bonds. The molecule has 1 saturated heterocycles. The van der Waals surface area contributed by atoms with Crippen LogP contribution < -0.4 is 26.6 Å². The van der Waals surface area contributed by atoms with Gasteiger partial charge in [0.15, 0.2) is 0 Å². The number of nitrogens with zero attached hydrogens (tertiary/aromatic N) is 2. The zero-order valence-electron chi connectivity index (χ0n) is 17.6. The van der Waals surface area contributed by atoms with Gasteiger partial charge in [0, 0.05) is 11.4 Å². The Labute approximate surface area is 184 Å². The van der Waals surface area contributed by atoms with E-state index in [-0.39, 0.29) is 30.9 Å². The Bertz CT molecular complexity index is 1040. The summed E-state index contributed by atoms with van der Waals surface area (Å²) in [7, 11) is 0. The van der Waals surface area contributed by atoms with Crippen molar-refractivity contribution in [2.24, 2.45) is 0 Å². The summed E-state index contributed by atoms with van der Waals surface area (Å²) in [6, 6.07) is 7.43. The molecule has 10 heteroatoms. The first-order chi connectivity index (χ1) is 15.3. The van der Waals surface area contributed by atoms with Crippen LogP contribution in [0.4, 0.5) is 15.9 Å². The maximum atomic E-state index is 13.2. The molecule has 32 heavy (non-hydrogen) atoms. The van der Waals surface area contributed by atoms with Gasteiger partial charge in [-0.1, -0.05) is 6.07 Å². The lowest BCUT2D eigenvalue weighted by Gasteiger charge is -2.33. The number of aryl methyl sites for hydroxylation is 1. The third-order valence-electron chi connectivity index (χ3n) is 5.77. The number of fused-ring (bicyclic) bond motifs is 1. The van der Waals surface area contributed by atoms with Gasteiger partial charge in [-0.2, -0.15) is 0 Å². The largest absolute Gasteiger partial charge is 0.384 e. The van der Waals surface area contributed by atoms with Gasteiger partial charge in [-0.25, -0.2) is 9.37 Å². The van der Waals surface area contributed by atoms with Gasteiger partial charge >= 0.3 is 0 Å². The van der Waals surface area contributed by atoms with Crippen molar-refractivity contribution in [2.45, 2.75) is 37.9 Å². The lowest BCUT2D eigenvalue weighted by atomic mass is 10.1. The van der Waals surface area contributed by atoms with Crippen molar-refractivity contribution in [2.75, 3.05) is 23.7 Å². The second kappa shape index (κ2) is 8.91. The first-order valence-electron chi connectivity index (χ1n) is 10.5. The number of piperazine rings is 1. The molecule has 0 saturated carbocycles. The standard InChI is InChI=1S/C22H25FN6O3/c1-12(21(31)28-17-8-7-16-15(17)6-9-19(24)27-16)26-22(32)18-11-29(20(30)10-25-18)14-4-2-13(23)3-5-14/h2-6,9,12,17-18,25H,7-8,10-11H2,1H3,(H2,24,27)(H,26,32)(H,28,31). The number of anilines is 2. The fraction of sp³-hybridized carbons (Fsp3) is 0.364. The van der Waals surface area contributed by atoms with E-state index < -0.39 is 23.8 Å². The van der Waals surface area contributed by atoms with Gasteiger partial charge in [-0.3, -0.25) is 19.7 Å². The van der Waals surface area contributed by atoms with Gasteiger partial charge < -0.3 is 21.3 Å². The number of benzene rings is 1. The summed E-state index contributed by atoms with van der Waals surface area (Å²) in [5.74, 6) is -0.886. The van der Waals surface area contributed by atoms with Crippen LogP contribution in [-0.4, -0.2) is 47.9 Å². The van der Waals surface area contributed by atoms with E-state index in [2.05, 4.69) is 20.9 Å². The molecular weight excluding hydrogens is 415 g/mol. The second-order valence-corrected chi connectivity index (χ2v) is 8.02. The molecule has 3 atom stereocenters. The number of rotatable bonds is 5. The van der Waals surface area contributed by atoms with E-state index in [1.165, 1.54) is 29.2 Å². The number of hydrogen-bond acceptors (Lipinski definition) is 6. The molecule has 2 aromatic rings. The van der Waals surface area contributed by atoms with Crippen molar-refractivity contribution in [3.63, 3.8) is 0 Å². The Morgan fingerprint density at radius 1 is 1.25 bits per heavy atom. The SMILES string of the molecule is CC(NC(=O)C1CN(c2ccc(F)cc2)C(=O)CN1)C(=O)NC1CCc2nc(N)ccc21. The Balaban J connectivity index is 1.34. The fourth-order valence-electron chi connectivity index (χ4n) is 4.01. The molecule has 3 unspecified atom stereocenters. The number of nitrogens with one attached hydrogen (secondary N) is 3. The van der Waals surface area contributed by atoms with Gasteiger partial charge in [0.1, 0.15) is 23.7 Å². The molecule has 0 spiro atoms. The van der Waals surface area contributed by atoms with Crippen molar-refractivity contribution in [3.8, 4) is 0 Å². The predicted molar refractivity (Wildman–Crippen MR) is 116 cm³/mol. The highest BCUT2D eigenvalue weighted by Gasteiger charge is 2.33. The minimum Gasteiger partial charge on any atom is -0.384 e. The van der Waals surface area contributed by atoms with E-state index in [0.717, 1.165) is 24.1 Å². The molecule has 5 N–H and O–H groups in total. The molecule has 2 aliphatic rings. The van der Waals surface area contributed by atoms with Crippen LogP contribution in [0.25, 0.3) is 0 Å². The maximum absolute atomic E-state index is 13.2. The minimum atomic E-state index is -0.771. The number of amides is 3. The van der Waals surface area contributed by atoms with Gasteiger partial charge in [-0.15, -0.1) is 0 Å². The van der Waals surface area contributed by atoms with Crippen LogP contribution >= 0.6 is 0 Å². The summed E-state index contributed by atoms with van der Waals surface area (Å²) in [4.78, 5) is 43.4. The molecule has 168 valence electrons. The van der Waals surface area contributed by atoms with Crippen LogP contribution in [0.5, 0.6) is 0 Å². The Kier molecular flexibility index (Phi) is 6.04. The number of carbonyl (C=O) groups excluding carboxylic acids is 3. The number of pyridine rings is 1. The summed E-state index contributed by atoms with van der Waals surface area (Å²) in [6.07, 6.45) is 1.45. The molecule has 9 nitrogen and oxygen atoms in total. The minimum absolute atomic E-state index is 0.0367. The average molecular weight is 440 g/mol. The third kappa shape index (κ3) is 4.54. The molecule has 1 aromatic carbocycles. The highest BCUT2D eigenvalue weighted by atomic mass is 19.1. The quantitative estimate of drug-likeness (QED) is 0.533. The summed E-state index contributed by atoms with van der Waals surface area (Å²) in [5, 5.41) is 8.55. The molecule has 1 aliphatic carbocycles. The maximum Gasteiger partial charge on any atom is 0.242 e. The van der Waals surface area contributed by atoms with Crippen molar-refractivity contribution in [1.82, 2.24) is 20.9 Å². The first kappa shape index (κ1) is 21.7. The number of halogens is 1. The topological polar surface area (TPSA) is 129 Å². The number of nitrogens with two attached hydrogens (primary N) is 1. The van der Waals surface area contributed by atoms with Crippen LogP contribution in [0.3, 0.4) is 0 Å². The van der Waals surface area contributed by atoms with E-state index in [1.807, 2.05) is 6.07 Å². The molecular formula is C22H25FN6O3. The van der Waals surface area contributed by atoms with E-state index >= 15 is 0 Å². The molecule has 4 rings (SSSR count). The van der Waals surface area contributed by atoms with E-state index in [4.69, 9.17) is 5.73 Å². The van der Waals surface area contributed by atoms with Gasteiger partial charge in [0.05, 0.1) is 19.1 Å². The van der Waals surface area contributed by atoms with Crippen molar-refractivity contribution in [3.05, 3.63) is 53.5 Å². The lowest BCUT2D eigenvalue weighted by Crippen LogP contribution is -2.61. The van der Waals surface area contributed by atoms with Crippen LogP contribution in [0.2, 0.25) is 0 Å². The Hall–Kier alpha value is -3.53. The summed E-state index contributed by atoms with van der Waals surface area (Å²) in [6.45, 7) is 1.65. The molecule has 0 radical (unpaired) electrons. The number of nitrogen functional groups attached to an aromatic ring is 1. The van der Waals surface area contributed by atoms with Crippen LogP contribution in [0.1, 0.15) is 30.6 Å². The monoisotopic (exact) mass is 440 g/mol. The number of aromatic nitrogens is 1. The number of carbonyl (C=O) groups is 3. The van der Waals surface area contributed by atoms with Gasteiger partial charge in [0.2, 0.25) is 17.7 Å². The smallest absolute Gasteiger partial charge is 0.242 e. The van der Waals surface area contributed by atoms with E-state index in [0.29, 0.717) is 11.5 Å². The fourth-order valence-corrected chi connectivity index (χ4v) is 4.01. The van der Waals surface area contributed by atoms with Crippen LogP contribution in [0.15, 0.2) is 36.4 Å². The second-order valence-electron chi connectivity index (χ2n) is 8.02. The van der Waals surface area contributed by atoms with E-state index in [1.54, 1.807) is 13.0 Å². The molecule has 2 heterocycles. The zero-order valence-corrected chi connectivity index (χ0v) is 17.6. The van der Waals surface area contributed by atoms with Crippen LogP contribution in [-0.2, 0) is 20.8 Å². The van der Waals surface area contributed by atoms with Crippen molar-refractivity contribution >= 4 is 29.2 Å². The van der Waals surface area contributed by atoms with Crippen LogP contribution in [0, 0.1) is 5.82 Å². The summed E-state index contributed by atoms with van der Waals surface area (Å²) >= 11 is 0. The normalized spacial score (nSPS) is 21.1. The number of hydrogen-bond donors (Lipinski definition) is 4. The highest BCUT2D eigenvalue weighted by molar-refractivity contribution is 5.98. The van der Waals surface area contributed by atoms with Crippen molar-refractivity contribution < 1.29 is 18.8 Å². The first-order valence-corrected chi connectivity index (χ1v) is 10.5. The molecule has 0 bridgehead atoms. The third-order valence-corrected chi connectivity index (χ3v) is 5.77. The molecule has 1 aromatic heterocycles. The summed E-state index contributed by atoms with van der Waals surface area (Å²) in [5.41, 5.74) is 8.05. The van der Waals surface area contributed by atoms with Gasteiger partial charge in [-0.05, 0) is 55.7 Å². The summed E-state index contributed by atoms with van der Waals surface area (Å²) < 4.78 is 13.2. The Morgan fingerprint density at radius 2 is 2.00 bits per heavy atom. The Morgan fingerprint density at radius 3 is 2.75 bits per heavy atom. The molecule has 1 aliphatic heterocycles. The van der Waals surface area contributed by atoms with Crippen molar-refractivity contribution in [1.29, 1.82) is 0 Å². The lowest BCUT2D eigenvalue weighted by molar-refractivity contribution is -0.130. The highest BCUT2D eigenvalue weighted by Crippen LogP contribution is 2.30. The average Bonchev–Trinajstić information content (AvgIpc) is 3.16. The molecule has 1 fully saturated rings. The zero-order chi connectivity index (χ0) is 22.8.